The molecule has 0 bridgehead atoms. The Labute approximate surface area is 129 Å². The molecule has 1 heterocycles. The second-order valence-corrected chi connectivity index (χ2v) is 7.65. The number of hydrogen-bond donors (Lipinski definition) is 2. The molecule has 1 aromatic rings. The van der Waals surface area contributed by atoms with Crippen molar-refractivity contribution in [3.63, 3.8) is 0 Å². The first-order chi connectivity index (χ1) is 9.96. The van der Waals surface area contributed by atoms with Crippen LogP contribution in [0.1, 0.15) is 5.56 Å². The van der Waals surface area contributed by atoms with Crippen LogP contribution in [0.25, 0.3) is 0 Å². The Hall–Kier alpha value is -1.41. The van der Waals surface area contributed by atoms with E-state index in [1.165, 1.54) is 5.56 Å². The number of nitrogens with zero attached hydrogens (tertiary/aromatic N) is 1. The molecule has 1 saturated heterocycles. The number of hydrogen-bond acceptors (Lipinski definition) is 4. The molecule has 1 aliphatic heterocycles. The fraction of sp³-hybridized carbons (Fsp3) is 0.462. The lowest BCUT2D eigenvalue weighted by atomic mass is 10.2. The van der Waals surface area contributed by atoms with Crippen LogP contribution >= 0.6 is 11.8 Å². The minimum absolute atomic E-state index is 0.332. The first-order valence-electron chi connectivity index (χ1n) is 6.48. The monoisotopic (exact) mass is 329 g/mol. The molecule has 0 spiro atoms. The third-order valence-electron chi connectivity index (χ3n) is 2.90. The summed E-state index contributed by atoms with van der Waals surface area (Å²) in [5, 5.41) is 6.36. The molecule has 8 heteroatoms. The predicted molar refractivity (Wildman–Crippen MR) is 86.4 cm³/mol. The van der Waals surface area contributed by atoms with Gasteiger partial charge in [-0.25, -0.2) is 8.42 Å². The molecule has 0 unspecified atom stereocenters. The first kappa shape index (κ1) is 16.0. The highest BCUT2D eigenvalue weighted by Crippen LogP contribution is 2.20. The van der Waals surface area contributed by atoms with Crippen LogP contribution in [-0.2, 0) is 15.8 Å². The first-order valence-corrected chi connectivity index (χ1v) is 9.38. The summed E-state index contributed by atoms with van der Waals surface area (Å²) in [6.07, 6.45) is 1.08. The van der Waals surface area contributed by atoms with E-state index in [0.717, 1.165) is 17.8 Å². The Bertz CT molecular complexity index is 590. The number of rotatable bonds is 5. The minimum Gasteiger partial charge on any atom is -0.497 e. The van der Waals surface area contributed by atoms with E-state index >= 15 is 0 Å². The summed E-state index contributed by atoms with van der Waals surface area (Å²) in [6, 6.07) is 7.99. The van der Waals surface area contributed by atoms with Crippen molar-refractivity contribution in [1.82, 2.24) is 10.6 Å². The highest BCUT2D eigenvalue weighted by Gasteiger charge is 2.17. The summed E-state index contributed by atoms with van der Waals surface area (Å²) in [5.41, 5.74) is 1.23. The largest absolute Gasteiger partial charge is 0.497 e. The third kappa shape index (κ3) is 5.47. The quantitative estimate of drug-likeness (QED) is 0.832. The molecule has 0 saturated carbocycles. The summed E-state index contributed by atoms with van der Waals surface area (Å²) < 4.78 is 30.8. The van der Waals surface area contributed by atoms with Gasteiger partial charge in [0.15, 0.2) is 0 Å². The van der Waals surface area contributed by atoms with Crippen molar-refractivity contribution in [2.45, 2.75) is 11.0 Å². The van der Waals surface area contributed by atoms with Gasteiger partial charge in [0.1, 0.15) is 5.75 Å². The lowest BCUT2D eigenvalue weighted by Crippen LogP contribution is -2.51. The van der Waals surface area contributed by atoms with E-state index in [1.807, 2.05) is 36.0 Å². The van der Waals surface area contributed by atoms with Gasteiger partial charge in [-0.3, -0.25) is 0 Å². The summed E-state index contributed by atoms with van der Waals surface area (Å²) in [5.74, 6) is 2.08. The Balaban J connectivity index is 1.79. The molecule has 21 heavy (non-hydrogen) atoms. The molecule has 0 amide bonds. The van der Waals surface area contributed by atoms with E-state index < -0.39 is 10.0 Å². The normalized spacial score (nSPS) is 18.6. The maximum absolute atomic E-state index is 11.1. The molecule has 0 aliphatic carbocycles. The second-order valence-electron chi connectivity index (χ2n) is 4.72. The lowest BCUT2D eigenvalue weighted by molar-refractivity contribution is 0.414. The van der Waals surface area contributed by atoms with Gasteiger partial charge < -0.3 is 15.4 Å². The number of thioether (sulfide) groups is 1. The van der Waals surface area contributed by atoms with Crippen LogP contribution in [-0.4, -0.2) is 46.1 Å². The zero-order valence-electron chi connectivity index (χ0n) is 12.0. The van der Waals surface area contributed by atoms with Crippen LogP contribution in [0.5, 0.6) is 5.75 Å². The number of benzene rings is 1. The number of methoxy groups -OCH3 is 1. The molecular weight excluding hydrogens is 310 g/mol. The van der Waals surface area contributed by atoms with E-state index in [9.17, 15) is 8.42 Å². The van der Waals surface area contributed by atoms with Crippen LogP contribution in [0.3, 0.4) is 0 Å². The van der Waals surface area contributed by atoms with Gasteiger partial charge in [0.25, 0.3) is 10.0 Å². The molecule has 1 fully saturated rings. The van der Waals surface area contributed by atoms with E-state index in [2.05, 4.69) is 15.0 Å². The SMILES string of the molecule is COc1ccc(CSC2CNC(=NS(C)(=O)=O)NC2)cc1. The molecule has 0 aromatic heterocycles. The van der Waals surface area contributed by atoms with Crippen molar-refractivity contribution in [3.8, 4) is 5.75 Å². The summed E-state index contributed by atoms with van der Waals surface area (Å²) in [7, 11) is -1.71. The van der Waals surface area contributed by atoms with Gasteiger partial charge in [0.05, 0.1) is 13.4 Å². The highest BCUT2D eigenvalue weighted by atomic mass is 32.2. The van der Waals surface area contributed by atoms with E-state index in [1.54, 1.807) is 7.11 Å². The second kappa shape index (κ2) is 7.04. The highest BCUT2D eigenvalue weighted by molar-refractivity contribution is 7.99. The van der Waals surface area contributed by atoms with Crippen LogP contribution in [0.4, 0.5) is 0 Å². The average molecular weight is 329 g/mol. The van der Waals surface area contributed by atoms with Crippen molar-refractivity contribution in [1.29, 1.82) is 0 Å². The third-order valence-corrected chi connectivity index (χ3v) is 4.72. The molecular formula is C13H19N3O3S2. The van der Waals surface area contributed by atoms with Crippen molar-refractivity contribution in [2.24, 2.45) is 4.40 Å². The minimum atomic E-state index is -3.36. The average Bonchev–Trinajstić information content (AvgIpc) is 2.45. The smallest absolute Gasteiger partial charge is 0.253 e. The van der Waals surface area contributed by atoms with Gasteiger partial charge in [-0.15, -0.1) is 4.40 Å². The number of sulfonamides is 1. The number of nitrogens with one attached hydrogen (secondary N) is 2. The van der Waals surface area contributed by atoms with Gasteiger partial charge >= 0.3 is 0 Å². The van der Waals surface area contributed by atoms with Crippen LogP contribution < -0.4 is 15.4 Å². The molecule has 2 rings (SSSR count). The Morgan fingerprint density at radius 3 is 2.43 bits per heavy atom. The van der Waals surface area contributed by atoms with Crippen molar-refractivity contribution < 1.29 is 13.2 Å². The maximum atomic E-state index is 11.1. The van der Waals surface area contributed by atoms with Crippen LogP contribution in [0, 0.1) is 0 Å². The van der Waals surface area contributed by atoms with Crippen LogP contribution in [0.15, 0.2) is 28.7 Å². The van der Waals surface area contributed by atoms with Gasteiger partial charge in [-0.2, -0.15) is 11.8 Å². The summed E-state index contributed by atoms with van der Waals surface area (Å²) in [4.78, 5) is 0. The number of ether oxygens (including phenoxy) is 1. The van der Waals surface area contributed by atoms with E-state index in [0.29, 0.717) is 24.3 Å². The Kier molecular flexibility index (Phi) is 5.35. The van der Waals surface area contributed by atoms with Crippen molar-refractivity contribution in [3.05, 3.63) is 29.8 Å². The van der Waals surface area contributed by atoms with Crippen molar-refractivity contribution in [2.75, 3.05) is 26.5 Å². The summed E-state index contributed by atoms with van der Waals surface area (Å²) in [6.45, 7) is 1.39. The molecule has 1 aliphatic rings. The molecule has 6 nitrogen and oxygen atoms in total. The Morgan fingerprint density at radius 2 is 1.90 bits per heavy atom. The Morgan fingerprint density at radius 1 is 1.29 bits per heavy atom. The molecule has 2 N–H and O–H groups in total. The van der Waals surface area contributed by atoms with Gasteiger partial charge in [0, 0.05) is 24.1 Å². The molecule has 1 aromatic carbocycles. The topological polar surface area (TPSA) is 79.8 Å². The number of guanidine groups is 1. The molecule has 0 radical (unpaired) electrons. The predicted octanol–water partition coefficient (Wildman–Crippen LogP) is 0.805. The van der Waals surface area contributed by atoms with E-state index in [4.69, 9.17) is 4.74 Å². The fourth-order valence-corrected chi connectivity index (χ4v) is 3.32. The van der Waals surface area contributed by atoms with Gasteiger partial charge in [-0.05, 0) is 17.7 Å². The van der Waals surface area contributed by atoms with E-state index in [-0.39, 0.29) is 0 Å². The lowest BCUT2D eigenvalue weighted by Gasteiger charge is -2.25. The zero-order valence-corrected chi connectivity index (χ0v) is 13.6. The zero-order chi connectivity index (χ0) is 15.3. The maximum Gasteiger partial charge on any atom is 0.253 e. The van der Waals surface area contributed by atoms with Crippen molar-refractivity contribution >= 4 is 27.7 Å². The molecule has 0 atom stereocenters. The summed E-state index contributed by atoms with van der Waals surface area (Å²) >= 11 is 1.81. The fourth-order valence-electron chi connectivity index (χ4n) is 1.84. The van der Waals surface area contributed by atoms with Crippen LogP contribution in [0.2, 0.25) is 0 Å². The van der Waals surface area contributed by atoms with Gasteiger partial charge in [-0.1, -0.05) is 12.1 Å². The standard InChI is InChI=1S/C13H19N3O3S2/c1-19-11-5-3-10(4-6-11)9-20-12-7-14-13(15-8-12)16-21(2,17)18/h3-6,12H,7-9H2,1-2H3,(H2,14,15,16). The molecule has 116 valence electrons. The van der Waals surface area contributed by atoms with Gasteiger partial charge in [0.2, 0.25) is 5.96 Å².